The number of fused-ring (bicyclic) bond motifs is 8. The molecule has 1 spiro atoms. The molecule has 0 fully saturated rings. The molecule has 0 amide bonds. The maximum absolute atomic E-state index is 6.71. The lowest BCUT2D eigenvalue weighted by molar-refractivity contribution is -0.950. The smallest absolute Gasteiger partial charge is 0.425 e. The standard InChI is InChI=1S/C35H18N2OS/c1-2-12-29-19(7-1)25-17-23-21-9-6-16-37-34(21)31-20(24(23)18-30(25)39-29)13-14-28-33(31)35(37)32-22(8-5-11-27(32)38-28)26-10-3-4-15-36(26)35/h1-18H/q+2. The second-order valence-corrected chi connectivity index (χ2v) is 12.0. The molecule has 1 atom stereocenters. The molecule has 3 aliphatic rings. The number of pyridine rings is 2. The van der Waals surface area contributed by atoms with Gasteiger partial charge in [0, 0.05) is 38.4 Å². The number of aromatic nitrogens is 2. The van der Waals surface area contributed by atoms with E-state index in [9.17, 15) is 0 Å². The van der Waals surface area contributed by atoms with Crippen molar-refractivity contribution in [3.63, 3.8) is 0 Å². The van der Waals surface area contributed by atoms with Crippen LogP contribution in [0.25, 0.3) is 63.9 Å². The van der Waals surface area contributed by atoms with Crippen LogP contribution in [0.1, 0.15) is 11.1 Å². The van der Waals surface area contributed by atoms with Gasteiger partial charge in [-0.3, -0.25) is 0 Å². The Morgan fingerprint density at radius 1 is 0.564 bits per heavy atom. The Morgan fingerprint density at radius 2 is 1.41 bits per heavy atom. The van der Waals surface area contributed by atoms with Crippen LogP contribution < -0.4 is 13.9 Å². The Kier molecular flexibility index (Phi) is 3.01. The number of hydrogen-bond donors (Lipinski definition) is 0. The lowest BCUT2D eigenvalue weighted by Gasteiger charge is -2.25. The molecular formula is C35H18N2OS+2. The van der Waals surface area contributed by atoms with E-state index in [0.717, 1.165) is 11.5 Å². The van der Waals surface area contributed by atoms with E-state index in [1.54, 1.807) is 0 Å². The minimum absolute atomic E-state index is 0.515. The van der Waals surface area contributed by atoms with Gasteiger partial charge in [0.1, 0.15) is 11.5 Å². The summed E-state index contributed by atoms with van der Waals surface area (Å²) in [6, 6.07) is 35.7. The second kappa shape index (κ2) is 6.09. The maximum atomic E-state index is 6.71. The highest BCUT2D eigenvalue weighted by Crippen LogP contribution is 2.58. The number of rotatable bonds is 0. The Morgan fingerprint density at radius 3 is 2.41 bits per heavy atom. The number of benzene rings is 5. The summed E-state index contributed by atoms with van der Waals surface area (Å²) >= 11 is 1.89. The van der Waals surface area contributed by atoms with Crippen molar-refractivity contribution in [3.8, 4) is 22.8 Å². The summed E-state index contributed by atoms with van der Waals surface area (Å²) in [6.07, 6.45) is 4.52. The van der Waals surface area contributed by atoms with E-state index in [1.165, 1.54) is 75.0 Å². The molecule has 4 heteroatoms. The zero-order valence-corrected chi connectivity index (χ0v) is 21.4. The first-order chi connectivity index (χ1) is 19.3. The first kappa shape index (κ1) is 19.3. The third-order valence-electron chi connectivity index (χ3n) is 9.27. The van der Waals surface area contributed by atoms with Gasteiger partial charge in [0.2, 0.25) is 11.2 Å². The summed E-state index contributed by atoms with van der Waals surface area (Å²) < 4.78 is 14.4. The van der Waals surface area contributed by atoms with Crippen LogP contribution in [0.2, 0.25) is 0 Å². The van der Waals surface area contributed by atoms with Crippen LogP contribution in [0.15, 0.2) is 109 Å². The van der Waals surface area contributed by atoms with Gasteiger partial charge in [-0.25, -0.2) is 0 Å². The van der Waals surface area contributed by atoms with Crippen molar-refractivity contribution in [1.29, 1.82) is 0 Å². The van der Waals surface area contributed by atoms with Crippen molar-refractivity contribution in [2.24, 2.45) is 0 Å². The highest BCUT2D eigenvalue weighted by atomic mass is 32.1. The average molecular weight is 515 g/mol. The third kappa shape index (κ3) is 1.91. The zero-order chi connectivity index (χ0) is 25.0. The molecule has 3 aromatic heterocycles. The van der Waals surface area contributed by atoms with E-state index in [4.69, 9.17) is 4.74 Å². The normalized spacial score (nSPS) is 17.5. The van der Waals surface area contributed by atoms with E-state index in [1.807, 2.05) is 11.3 Å². The molecule has 0 aliphatic carbocycles. The third-order valence-corrected chi connectivity index (χ3v) is 10.4. The molecule has 3 aliphatic heterocycles. The highest BCUT2D eigenvalue weighted by Gasteiger charge is 2.70. The predicted molar refractivity (Wildman–Crippen MR) is 156 cm³/mol. The Labute approximate surface area is 226 Å². The molecule has 5 aromatic carbocycles. The average Bonchev–Trinajstić information content (AvgIpc) is 3.61. The molecule has 0 saturated heterocycles. The molecule has 39 heavy (non-hydrogen) atoms. The molecule has 178 valence electrons. The van der Waals surface area contributed by atoms with Gasteiger partial charge in [-0.15, -0.1) is 20.5 Å². The first-order valence-corrected chi connectivity index (χ1v) is 14.2. The number of thiophene rings is 1. The predicted octanol–water partition coefficient (Wildman–Crippen LogP) is 7.79. The lowest BCUT2D eigenvalue weighted by Crippen LogP contribution is -2.71. The second-order valence-electron chi connectivity index (χ2n) is 10.9. The molecule has 0 saturated carbocycles. The number of nitrogens with zero attached hydrogens (tertiary/aromatic N) is 2. The number of hydrogen-bond acceptors (Lipinski definition) is 2. The van der Waals surface area contributed by atoms with Crippen LogP contribution in [0.5, 0.6) is 11.5 Å². The Bertz CT molecular complexity index is 2490. The van der Waals surface area contributed by atoms with Gasteiger partial charge in [-0.1, -0.05) is 24.3 Å². The minimum Gasteiger partial charge on any atom is -0.456 e. The molecule has 3 nitrogen and oxygen atoms in total. The summed E-state index contributed by atoms with van der Waals surface area (Å²) in [5, 5.41) is 9.18. The molecule has 0 radical (unpaired) electrons. The van der Waals surface area contributed by atoms with Crippen LogP contribution in [0.4, 0.5) is 0 Å². The summed E-state index contributed by atoms with van der Waals surface area (Å²) in [4.78, 5) is 0. The van der Waals surface area contributed by atoms with E-state index in [0.29, 0.717) is 0 Å². The van der Waals surface area contributed by atoms with Crippen molar-refractivity contribution in [2.75, 3.05) is 0 Å². The lowest BCUT2D eigenvalue weighted by atomic mass is 9.85. The van der Waals surface area contributed by atoms with Gasteiger partial charge in [-0.2, -0.15) is 0 Å². The van der Waals surface area contributed by atoms with E-state index >= 15 is 0 Å². The number of ether oxygens (including phenoxy) is 1. The molecule has 1 unspecified atom stereocenters. The monoisotopic (exact) mass is 514 g/mol. The van der Waals surface area contributed by atoms with Gasteiger partial charge in [0.05, 0.1) is 16.3 Å². The van der Waals surface area contributed by atoms with Crippen molar-refractivity contribution in [3.05, 3.63) is 121 Å². The van der Waals surface area contributed by atoms with Crippen LogP contribution >= 0.6 is 11.3 Å². The van der Waals surface area contributed by atoms with Crippen LogP contribution in [-0.2, 0) is 5.66 Å². The summed E-state index contributed by atoms with van der Waals surface area (Å²) in [5.74, 6) is 1.89. The zero-order valence-electron chi connectivity index (χ0n) is 20.6. The van der Waals surface area contributed by atoms with Gasteiger partial charge >= 0.3 is 5.66 Å². The highest BCUT2D eigenvalue weighted by molar-refractivity contribution is 7.25. The summed E-state index contributed by atoms with van der Waals surface area (Å²) in [6.45, 7) is 0. The van der Waals surface area contributed by atoms with Crippen LogP contribution in [0, 0.1) is 0 Å². The molecule has 8 aromatic rings. The summed E-state index contributed by atoms with van der Waals surface area (Å²) in [5.41, 5.74) is 5.72. The fourth-order valence-electron chi connectivity index (χ4n) is 7.93. The van der Waals surface area contributed by atoms with Crippen LogP contribution in [-0.4, -0.2) is 0 Å². The van der Waals surface area contributed by atoms with Gasteiger partial charge in [0.25, 0.3) is 0 Å². The van der Waals surface area contributed by atoms with Crippen molar-refractivity contribution in [1.82, 2.24) is 0 Å². The minimum atomic E-state index is -0.515. The largest absolute Gasteiger partial charge is 0.456 e. The molecule has 0 N–H and O–H groups in total. The molecule has 0 bridgehead atoms. The topological polar surface area (TPSA) is 17.0 Å². The quantitative estimate of drug-likeness (QED) is 0.149. The van der Waals surface area contributed by atoms with Crippen LogP contribution in [0.3, 0.4) is 0 Å². The Hall–Kier alpha value is -4.80. The van der Waals surface area contributed by atoms with E-state index in [-0.39, 0.29) is 0 Å². The first-order valence-electron chi connectivity index (χ1n) is 13.4. The SMILES string of the molecule is c1cc2c3c(c1)-c1cccc[n+]1C31c3c(ccc4c5cc6sc7ccccc7c6cc5c5ccc[n+]1c5c34)O2. The Balaban J connectivity index is 1.43. The van der Waals surface area contributed by atoms with Gasteiger partial charge in [-0.05, 0) is 70.8 Å². The fraction of sp³-hybridized carbons (Fsp3) is 0.0286. The van der Waals surface area contributed by atoms with E-state index in [2.05, 4.69) is 119 Å². The van der Waals surface area contributed by atoms with Gasteiger partial charge in [0.15, 0.2) is 23.5 Å². The van der Waals surface area contributed by atoms with Crippen molar-refractivity contribution < 1.29 is 13.9 Å². The molecular weight excluding hydrogens is 496 g/mol. The molecule has 6 heterocycles. The van der Waals surface area contributed by atoms with E-state index < -0.39 is 5.66 Å². The van der Waals surface area contributed by atoms with Gasteiger partial charge < -0.3 is 4.74 Å². The summed E-state index contributed by atoms with van der Waals surface area (Å²) in [7, 11) is 0. The van der Waals surface area contributed by atoms with Crippen molar-refractivity contribution >= 4 is 64.0 Å². The fourth-order valence-corrected chi connectivity index (χ4v) is 9.06. The maximum Gasteiger partial charge on any atom is 0.425 e. The molecule has 11 rings (SSSR count). The van der Waals surface area contributed by atoms with Crippen molar-refractivity contribution in [2.45, 2.75) is 5.66 Å².